The predicted octanol–water partition coefficient (Wildman–Crippen LogP) is 3.88. The molecule has 0 saturated heterocycles. The van der Waals surface area contributed by atoms with Gasteiger partial charge in [0.25, 0.3) is 0 Å². The topological polar surface area (TPSA) is 54.0 Å². The highest BCUT2D eigenvalue weighted by atomic mass is 19.4. The molecule has 0 aromatic carbocycles. The number of halogens is 3. The van der Waals surface area contributed by atoms with Crippen molar-refractivity contribution in [1.29, 1.82) is 0 Å². The van der Waals surface area contributed by atoms with Gasteiger partial charge in [0.15, 0.2) is 0 Å². The average Bonchev–Trinajstić information content (AvgIpc) is 3.06. The maximum atomic E-state index is 13.3. The molecule has 24 heavy (non-hydrogen) atoms. The Morgan fingerprint density at radius 1 is 1.21 bits per heavy atom. The molecular weight excluding hydrogens is 319 g/mol. The van der Waals surface area contributed by atoms with Crippen molar-refractivity contribution in [1.82, 2.24) is 15.6 Å². The zero-order chi connectivity index (χ0) is 17.2. The molecule has 2 aliphatic rings. The van der Waals surface area contributed by atoms with E-state index in [9.17, 15) is 18.0 Å². The number of aryl methyl sites for hydroxylation is 1. The van der Waals surface area contributed by atoms with E-state index in [0.29, 0.717) is 19.3 Å². The van der Waals surface area contributed by atoms with Crippen LogP contribution < -0.4 is 10.6 Å². The molecule has 132 valence electrons. The van der Waals surface area contributed by atoms with Crippen molar-refractivity contribution in [2.45, 2.75) is 63.2 Å². The van der Waals surface area contributed by atoms with Crippen LogP contribution in [0, 0.1) is 5.92 Å². The van der Waals surface area contributed by atoms with Gasteiger partial charge in [0.2, 0.25) is 0 Å². The third-order valence-electron chi connectivity index (χ3n) is 5.01. The van der Waals surface area contributed by atoms with E-state index in [1.54, 1.807) is 6.20 Å². The monoisotopic (exact) mass is 341 g/mol. The van der Waals surface area contributed by atoms with Gasteiger partial charge in [-0.1, -0.05) is 18.9 Å². The normalized spacial score (nSPS) is 22.7. The molecule has 0 aliphatic heterocycles. The summed E-state index contributed by atoms with van der Waals surface area (Å²) in [5, 5.41) is 4.86. The van der Waals surface area contributed by atoms with Gasteiger partial charge < -0.3 is 10.6 Å². The molecule has 0 spiro atoms. The zero-order valence-electron chi connectivity index (χ0n) is 13.4. The third kappa shape index (κ3) is 3.82. The lowest BCUT2D eigenvalue weighted by atomic mass is 9.92. The molecule has 0 bridgehead atoms. The number of carbonyl (C=O) groups is 1. The van der Waals surface area contributed by atoms with Gasteiger partial charge in [-0.2, -0.15) is 13.2 Å². The second-order valence-electron chi connectivity index (χ2n) is 6.67. The first-order valence-electron chi connectivity index (χ1n) is 8.52. The van der Waals surface area contributed by atoms with Crippen molar-refractivity contribution < 1.29 is 18.0 Å². The Bertz CT molecular complexity index is 585. The molecule has 1 aromatic heterocycles. The third-order valence-corrected chi connectivity index (χ3v) is 5.01. The number of carbonyl (C=O) groups excluding carboxylic acids is 1. The number of alkyl halides is 3. The Kier molecular flexibility index (Phi) is 4.96. The minimum atomic E-state index is -4.42. The SMILES string of the molecule is O=C(NC(C1CCCC1)C(F)(F)F)N[C@H]1CCCc2cccnc21. The Hall–Kier alpha value is -1.79. The van der Waals surface area contributed by atoms with E-state index in [1.807, 2.05) is 12.1 Å². The molecule has 0 radical (unpaired) electrons. The highest BCUT2D eigenvalue weighted by molar-refractivity contribution is 5.75. The summed E-state index contributed by atoms with van der Waals surface area (Å²) in [7, 11) is 0. The summed E-state index contributed by atoms with van der Waals surface area (Å²) < 4.78 is 39.9. The minimum Gasteiger partial charge on any atom is -0.330 e. The average molecular weight is 341 g/mol. The molecule has 2 atom stereocenters. The van der Waals surface area contributed by atoms with Gasteiger partial charge in [-0.3, -0.25) is 4.98 Å². The molecule has 2 aliphatic carbocycles. The molecule has 3 rings (SSSR count). The number of fused-ring (bicyclic) bond motifs is 1. The fourth-order valence-electron chi connectivity index (χ4n) is 3.85. The summed E-state index contributed by atoms with van der Waals surface area (Å²) >= 11 is 0. The van der Waals surface area contributed by atoms with Crippen LogP contribution >= 0.6 is 0 Å². The van der Waals surface area contributed by atoms with Crippen LogP contribution in [-0.4, -0.2) is 23.2 Å². The van der Waals surface area contributed by atoms with Gasteiger partial charge in [-0.15, -0.1) is 0 Å². The second-order valence-corrected chi connectivity index (χ2v) is 6.67. The number of nitrogens with one attached hydrogen (secondary N) is 2. The van der Waals surface area contributed by atoms with Crippen LogP contribution in [-0.2, 0) is 6.42 Å². The Morgan fingerprint density at radius 3 is 2.67 bits per heavy atom. The largest absolute Gasteiger partial charge is 0.408 e. The first kappa shape index (κ1) is 17.0. The number of pyridine rings is 1. The van der Waals surface area contributed by atoms with Crippen molar-refractivity contribution in [2.75, 3.05) is 0 Å². The number of urea groups is 1. The molecule has 4 nitrogen and oxygen atoms in total. The molecule has 1 aromatic rings. The summed E-state index contributed by atoms with van der Waals surface area (Å²) in [6.07, 6.45) is 2.29. The number of aromatic nitrogens is 1. The lowest BCUT2D eigenvalue weighted by molar-refractivity contribution is -0.164. The van der Waals surface area contributed by atoms with E-state index in [-0.39, 0.29) is 6.04 Å². The van der Waals surface area contributed by atoms with Crippen molar-refractivity contribution in [3.05, 3.63) is 29.6 Å². The zero-order valence-corrected chi connectivity index (χ0v) is 13.4. The van der Waals surface area contributed by atoms with Crippen LogP contribution in [0.3, 0.4) is 0 Å². The van der Waals surface area contributed by atoms with Crippen LogP contribution in [0.2, 0.25) is 0 Å². The smallest absolute Gasteiger partial charge is 0.330 e. The van der Waals surface area contributed by atoms with Gasteiger partial charge in [0.1, 0.15) is 6.04 Å². The summed E-state index contributed by atoms with van der Waals surface area (Å²) in [6, 6.07) is 0.929. The van der Waals surface area contributed by atoms with Crippen LogP contribution in [0.25, 0.3) is 0 Å². The highest BCUT2D eigenvalue weighted by Crippen LogP contribution is 2.36. The molecule has 1 fully saturated rings. The lowest BCUT2D eigenvalue weighted by Gasteiger charge is -2.29. The fraction of sp³-hybridized carbons (Fsp3) is 0.647. The van der Waals surface area contributed by atoms with Gasteiger partial charge in [-0.25, -0.2) is 4.79 Å². The number of hydrogen-bond acceptors (Lipinski definition) is 2. The van der Waals surface area contributed by atoms with Crippen molar-refractivity contribution in [3.8, 4) is 0 Å². The molecule has 2 N–H and O–H groups in total. The summed E-state index contributed by atoms with van der Waals surface area (Å²) in [5.74, 6) is -0.521. The quantitative estimate of drug-likeness (QED) is 0.877. The first-order valence-corrected chi connectivity index (χ1v) is 8.52. The van der Waals surface area contributed by atoms with E-state index in [2.05, 4.69) is 15.6 Å². The Morgan fingerprint density at radius 2 is 1.96 bits per heavy atom. The van der Waals surface area contributed by atoms with Crippen LogP contribution in [0.1, 0.15) is 55.8 Å². The molecule has 2 amide bonds. The highest BCUT2D eigenvalue weighted by Gasteiger charge is 2.46. The Balaban J connectivity index is 1.66. The molecular formula is C17H22F3N3O. The molecule has 7 heteroatoms. The van der Waals surface area contributed by atoms with E-state index in [4.69, 9.17) is 0 Å². The van der Waals surface area contributed by atoms with Gasteiger partial charge in [0, 0.05) is 6.20 Å². The van der Waals surface area contributed by atoms with Gasteiger partial charge in [-0.05, 0) is 49.7 Å². The molecule has 1 unspecified atom stereocenters. The molecule has 1 saturated carbocycles. The maximum absolute atomic E-state index is 13.3. The van der Waals surface area contributed by atoms with E-state index >= 15 is 0 Å². The fourth-order valence-corrected chi connectivity index (χ4v) is 3.85. The Labute approximate surface area is 139 Å². The minimum absolute atomic E-state index is 0.326. The number of rotatable bonds is 3. The van der Waals surface area contributed by atoms with Crippen LogP contribution in [0.15, 0.2) is 18.3 Å². The number of nitrogens with zero attached hydrogens (tertiary/aromatic N) is 1. The maximum Gasteiger partial charge on any atom is 0.408 e. The first-order chi connectivity index (χ1) is 11.4. The second kappa shape index (κ2) is 6.99. The summed E-state index contributed by atoms with van der Waals surface area (Å²) in [6.45, 7) is 0. The lowest BCUT2D eigenvalue weighted by Crippen LogP contribution is -2.53. The van der Waals surface area contributed by atoms with E-state index < -0.39 is 24.2 Å². The number of amides is 2. The summed E-state index contributed by atoms with van der Waals surface area (Å²) in [4.78, 5) is 16.5. The van der Waals surface area contributed by atoms with Crippen molar-refractivity contribution in [2.24, 2.45) is 5.92 Å². The van der Waals surface area contributed by atoms with Crippen molar-refractivity contribution >= 4 is 6.03 Å². The molecule has 1 heterocycles. The number of hydrogen-bond donors (Lipinski definition) is 2. The van der Waals surface area contributed by atoms with Gasteiger partial charge in [0.05, 0.1) is 11.7 Å². The van der Waals surface area contributed by atoms with E-state index in [0.717, 1.165) is 36.9 Å². The van der Waals surface area contributed by atoms with E-state index in [1.165, 1.54) is 0 Å². The predicted molar refractivity (Wildman–Crippen MR) is 83.4 cm³/mol. The van der Waals surface area contributed by atoms with Crippen LogP contribution in [0.5, 0.6) is 0 Å². The standard InChI is InChI=1S/C17H22F3N3O/c18-17(19,20)15(12-5-1-2-6-12)23-16(24)22-13-9-3-7-11-8-4-10-21-14(11)13/h4,8,10,12-13,15H,1-3,5-7,9H2,(H2,22,23,24)/t13-,15?/m0/s1. The summed E-state index contributed by atoms with van der Waals surface area (Å²) in [5.41, 5.74) is 1.82. The van der Waals surface area contributed by atoms with Crippen LogP contribution in [0.4, 0.5) is 18.0 Å². The van der Waals surface area contributed by atoms with Crippen molar-refractivity contribution in [3.63, 3.8) is 0 Å². The van der Waals surface area contributed by atoms with Gasteiger partial charge >= 0.3 is 12.2 Å².